The molecule has 2 aromatic rings. The first-order valence-electron chi connectivity index (χ1n) is 6.48. The zero-order valence-electron chi connectivity index (χ0n) is 10.8. The molecular formula is C14H16ClN3O. The Morgan fingerprint density at radius 3 is 2.79 bits per heavy atom. The molecule has 1 atom stereocenters. The first-order chi connectivity index (χ1) is 9.17. The topological polar surface area (TPSA) is 51.0 Å². The van der Waals surface area contributed by atoms with Crippen molar-refractivity contribution in [1.29, 1.82) is 0 Å². The summed E-state index contributed by atoms with van der Waals surface area (Å²) in [4.78, 5) is 4.54. The molecule has 3 rings (SSSR count). The van der Waals surface area contributed by atoms with Gasteiger partial charge in [-0.15, -0.1) is 0 Å². The Balaban J connectivity index is 1.88. The predicted molar refractivity (Wildman–Crippen MR) is 74.2 cm³/mol. The highest BCUT2D eigenvalue weighted by atomic mass is 35.5. The molecule has 2 heterocycles. The molecule has 1 aliphatic rings. The second-order valence-corrected chi connectivity index (χ2v) is 5.71. The lowest BCUT2D eigenvalue weighted by Crippen LogP contribution is -2.41. The minimum Gasteiger partial charge on any atom is -0.338 e. The number of benzene rings is 1. The van der Waals surface area contributed by atoms with Crippen molar-refractivity contribution >= 4 is 11.6 Å². The Hall–Kier alpha value is -1.39. The Kier molecular flexibility index (Phi) is 3.29. The van der Waals surface area contributed by atoms with Crippen LogP contribution >= 0.6 is 11.6 Å². The monoisotopic (exact) mass is 277 g/mol. The van der Waals surface area contributed by atoms with Gasteiger partial charge in [-0.25, -0.2) is 0 Å². The van der Waals surface area contributed by atoms with Crippen LogP contribution in [0.2, 0.25) is 5.02 Å². The van der Waals surface area contributed by atoms with Crippen LogP contribution in [0.5, 0.6) is 0 Å². The largest absolute Gasteiger partial charge is 0.338 e. The second kappa shape index (κ2) is 4.94. The van der Waals surface area contributed by atoms with Crippen molar-refractivity contribution < 1.29 is 4.52 Å². The van der Waals surface area contributed by atoms with Gasteiger partial charge in [0.1, 0.15) is 0 Å². The van der Waals surface area contributed by atoms with E-state index in [2.05, 4.69) is 22.4 Å². The number of hydrogen-bond donors (Lipinski definition) is 1. The maximum Gasteiger partial charge on any atom is 0.234 e. The van der Waals surface area contributed by atoms with Crippen LogP contribution in [0.3, 0.4) is 0 Å². The molecule has 5 heteroatoms. The van der Waals surface area contributed by atoms with Gasteiger partial charge in [-0.05, 0) is 50.6 Å². The van der Waals surface area contributed by atoms with Gasteiger partial charge in [0.05, 0.1) is 5.41 Å². The van der Waals surface area contributed by atoms with Gasteiger partial charge in [-0.3, -0.25) is 0 Å². The van der Waals surface area contributed by atoms with Crippen molar-refractivity contribution in [3.63, 3.8) is 0 Å². The van der Waals surface area contributed by atoms with E-state index in [4.69, 9.17) is 16.1 Å². The van der Waals surface area contributed by atoms with Crippen LogP contribution in [0.4, 0.5) is 0 Å². The van der Waals surface area contributed by atoms with Crippen molar-refractivity contribution in [2.75, 3.05) is 13.1 Å². The molecule has 4 nitrogen and oxygen atoms in total. The van der Waals surface area contributed by atoms with Gasteiger partial charge < -0.3 is 9.84 Å². The number of nitrogens with zero attached hydrogens (tertiary/aromatic N) is 2. The minimum atomic E-state index is -0.0596. The van der Waals surface area contributed by atoms with Gasteiger partial charge in [-0.1, -0.05) is 16.8 Å². The molecule has 1 fully saturated rings. The molecule has 19 heavy (non-hydrogen) atoms. The van der Waals surface area contributed by atoms with Gasteiger partial charge in [0.25, 0.3) is 0 Å². The number of halogens is 1. The van der Waals surface area contributed by atoms with Gasteiger partial charge in [-0.2, -0.15) is 4.98 Å². The summed E-state index contributed by atoms with van der Waals surface area (Å²) in [5.41, 5.74) is 0.863. The van der Waals surface area contributed by atoms with Gasteiger partial charge in [0, 0.05) is 17.1 Å². The quantitative estimate of drug-likeness (QED) is 0.917. The number of piperidine rings is 1. The third-order valence-electron chi connectivity index (χ3n) is 3.64. The zero-order valence-corrected chi connectivity index (χ0v) is 11.6. The third kappa shape index (κ3) is 2.51. The normalized spacial score (nSPS) is 23.5. The second-order valence-electron chi connectivity index (χ2n) is 5.27. The maximum atomic E-state index is 5.88. The maximum absolute atomic E-state index is 5.88. The average Bonchev–Trinajstić information content (AvgIpc) is 2.91. The Morgan fingerprint density at radius 2 is 2.11 bits per heavy atom. The zero-order chi connectivity index (χ0) is 13.3. The van der Waals surface area contributed by atoms with Crippen LogP contribution in [0.25, 0.3) is 11.4 Å². The molecule has 100 valence electrons. The van der Waals surface area contributed by atoms with E-state index >= 15 is 0 Å². The molecule has 0 amide bonds. The van der Waals surface area contributed by atoms with E-state index in [-0.39, 0.29) is 5.41 Å². The number of nitrogens with one attached hydrogen (secondary N) is 1. The summed E-state index contributed by atoms with van der Waals surface area (Å²) >= 11 is 5.88. The van der Waals surface area contributed by atoms with E-state index < -0.39 is 0 Å². The van der Waals surface area contributed by atoms with Crippen molar-refractivity contribution in [1.82, 2.24) is 15.5 Å². The van der Waals surface area contributed by atoms with Crippen LogP contribution < -0.4 is 5.32 Å². The van der Waals surface area contributed by atoms with Crippen LogP contribution in [0.15, 0.2) is 28.8 Å². The Labute approximate surface area is 117 Å². The highest BCUT2D eigenvalue weighted by Gasteiger charge is 2.34. The molecule has 0 saturated carbocycles. The Morgan fingerprint density at radius 1 is 1.32 bits per heavy atom. The van der Waals surface area contributed by atoms with Crippen molar-refractivity contribution in [3.05, 3.63) is 35.2 Å². The number of hydrogen-bond acceptors (Lipinski definition) is 4. The van der Waals surface area contributed by atoms with Crippen molar-refractivity contribution in [2.24, 2.45) is 0 Å². The summed E-state index contributed by atoms with van der Waals surface area (Å²) in [6.45, 7) is 4.11. The van der Waals surface area contributed by atoms with Crippen LogP contribution in [-0.2, 0) is 5.41 Å². The molecule has 1 unspecified atom stereocenters. The summed E-state index contributed by atoms with van der Waals surface area (Å²) in [6.07, 6.45) is 2.21. The summed E-state index contributed by atoms with van der Waals surface area (Å²) < 4.78 is 5.46. The predicted octanol–water partition coefficient (Wildman–Crippen LogP) is 3.03. The summed E-state index contributed by atoms with van der Waals surface area (Å²) in [6, 6.07) is 7.46. The van der Waals surface area contributed by atoms with Crippen molar-refractivity contribution in [3.8, 4) is 11.4 Å². The van der Waals surface area contributed by atoms with E-state index in [9.17, 15) is 0 Å². The third-order valence-corrected chi connectivity index (χ3v) is 3.89. The molecule has 0 spiro atoms. The molecule has 1 aromatic heterocycles. The van der Waals surface area contributed by atoms with Crippen LogP contribution in [-0.4, -0.2) is 23.2 Å². The van der Waals surface area contributed by atoms with Gasteiger partial charge in [0.2, 0.25) is 11.7 Å². The number of aromatic nitrogens is 2. The molecule has 0 bridgehead atoms. The van der Waals surface area contributed by atoms with Crippen molar-refractivity contribution in [2.45, 2.75) is 25.2 Å². The van der Waals surface area contributed by atoms with Gasteiger partial charge in [0.15, 0.2) is 0 Å². The van der Waals surface area contributed by atoms with E-state index in [1.54, 1.807) is 0 Å². The van der Waals surface area contributed by atoms with E-state index in [0.717, 1.165) is 31.5 Å². The van der Waals surface area contributed by atoms with E-state index in [1.807, 2.05) is 24.3 Å². The highest BCUT2D eigenvalue weighted by Crippen LogP contribution is 2.30. The number of rotatable bonds is 2. The van der Waals surface area contributed by atoms with Gasteiger partial charge >= 0.3 is 0 Å². The fourth-order valence-electron chi connectivity index (χ4n) is 2.42. The summed E-state index contributed by atoms with van der Waals surface area (Å²) in [7, 11) is 0. The molecular weight excluding hydrogens is 262 g/mol. The smallest absolute Gasteiger partial charge is 0.234 e. The SMILES string of the molecule is CC1(c2nc(-c3ccc(Cl)cc3)no2)CCCNC1. The molecule has 0 radical (unpaired) electrons. The lowest BCUT2D eigenvalue weighted by molar-refractivity contribution is 0.245. The summed E-state index contributed by atoms with van der Waals surface area (Å²) in [5.74, 6) is 1.34. The van der Waals surface area contributed by atoms with Crippen LogP contribution in [0, 0.1) is 0 Å². The minimum absolute atomic E-state index is 0.0596. The van der Waals surface area contributed by atoms with Crippen LogP contribution in [0.1, 0.15) is 25.7 Å². The lowest BCUT2D eigenvalue weighted by atomic mass is 9.83. The molecule has 1 aliphatic heterocycles. The first kappa shape index (κ1) is 12.6. The Bertz CT molecular complexity index is 558. The fourth-order valence-corrected chi connectivity index (χ4v) is 2.55. The summed E-state index contributed by atoms with van der Waals surface area (Å²) in [5, 5.41) is 8.17. The van der Waals surface area contributed by atoms with E-state index in [1.165, 1.54) is 0 Å². The fraction of sp³-hybridized carbons (Fsp3) is 0.429. The standard InChI is InChI=1S/C14H16ClN3O/c1-14(7-2-8-16-9-14)13-17-12(18-19-13)10-3-5-11(15)6-4-10/h3-6,16H,2,7-9H2,1H3. The molecule has 1 aromatic carbocycles. The molecule has 1 N–H and O–H groups in total. The highest BCUT2D eigenvalue weighted by molar-refractivity contribution is 6.30. The lowest BCUT2D eigenvalue weighted by Gasteiger charge is -2.30. The van der Waals surface area contributed by atoms with E-state index in [0.29, 0.717) is 16.7 Å². The first-order valence-corrected chi connectivity index (χ1v) is 6.86. The molecule has 1 saturated heterocycles. The molecule has 0 aliphatic carbocycles. The average molecular weight is 278 g/mol.